The Hall–Kier alpha value is -1.39. The molecule has 112 valence electrons. The van der Waals surface area contributed by atoms with Crippen LogP contribution in [0.15, 0.2) is 40.9 Å². The van der Waals surface area contributed by atoms with Gasteiger partial charge >= 0.3 is 0 Å². The van der Waals surface area contributed by atoms with E-state index in [1.54, 1.807) is 12.1 Å². The molecular formula is C17H19BrFNO. The zero-order valence-electron chi connectivity index (χ0n) is 12.4. The highest BCUT2D eigenvalue weighted by atomic mass is 79.9. The van der Waals surface area contributed by atoms with Crippen molar-refractivity contribution in [2.75, 3.05) is 7.05 Å². The van der Waals surface area contributed by atoms with E-state index in [1.807, 2.05) is 26.1 Å². The Labute approximate surface area is 133 Å². The first-order valence-electron chi connectivity index (χ1n) is 6.86. The number of aryl methyl sites for hydroxylation is 1. The Morgan fingerprint density at radius 3 is 2.71 bits per heavy atom. The van der Waals surface area contributed by atoms with Crippen molar-refractivity contribution in [3.63, 3.8) is 0 Å². The van der Waals surface area contributed by atoms with Crippen molar-refractivity contribution >= 4 is 15.9 Å². The van der Waals surface area contributed by atoms with Crippen LogP contribution < -0.4 is 10.1 Å². The molecule has 0 radical (unpaired) electrons. The van der Waals surface area contributed by atoms with Crippen molar-refractivity contribution in [2.45, 2.75) is 26.5 Å². The smallest absolute Gasteiger partial charge is 0.129 e. The third kappa shape index (κ3) is 4.05. The Morgan fingerprint density at radius 2 is 2.00 bits per heavy atom. The van der Waals surface area contributed by atoms with Gasteiger partial charge in [0.2, 0.25) is 0 Å². The van der Waals surface area contributed by atoms with E-state index in [4.69, 9.17) is 4.74 Å². The summed E-state index contributed by atoms with van der Waals surface area (Å²) in [7, 11) is 1.91. The number of rotatable bonds is 5. The first-order chi connectivity index (χ1) is 10.0. The lowest BCUT2D eigenvalue weighted by Crippen LogP contribution is -2.14. The van der Waals surface area contributed by atoms with E-state index in [-0.39, 0.29) is 18.5 Å². The van der Waals surface area contributed by atoms with Gasteiger partial charge in [0.25, 0.3) is 0 Å². The highest BCUT2D eigenvalue weighted by molar-refractivity contribution is 9.10. The highest BCUT2D eigenvalue weighted by Crippen LogP contribution is 2.27. The van der Waals surface area contributed by atoms with Gasteiger partial charge in [-0.25, -0.2) is 4.39 Å². The zero-order chi connectivity index (χ0) is 15.4. The molecule has 0 fully saturated rings. The molecule has 1 atom stereocenters. The minimum Gasteiger partial charge on any atom is -0.488 e. The number of hydrogen-bond donors (Lipinski definition) is 1. The van der Waals surface area contributed by atoms with Gasteiger partial charge in [-0.1, -0.05) is 33.6 Å². The molecule has 0 aromatic heterocycles. The molecular weight excluding hydrogens is 333 g/mol. The molecule has 0 aliphatic rings. The fraction of sp³-hybridized carbons (Fsp3) is 0.294. The minimum absolute atomic E-state index is 0.173. The van der Waals surface area contributed by atoms with Crippen LogP contribution in [-0.4, -0.2) is 7.05 Å². The van der Waals surface area contributed by atoms with Gasteiger partial charge in [0.05, 0.1) is 0 Å². The van der Waals surface area contributed by atoms with Gasteiger partial charge in [-0.3, -0.25) is 0 Å². The maximum Gasteiger partial charge on any atom is 0.129 e. The maximum absolute atomic E-state index is 13.7. The van der Waals surface area contributed by atoms with Crippen molar-refractivity contribution in [2.24, 2.45) is 0 Å². The molecule has 0 saturated carbocycles. The molecule has 0 bridgehead atoms. The standard InChI is InChI=1S/C17H19BrFNO/c1-11-4-7-17(15(8-11)12(2)20-3)21-10-13-9-14(18)5-6-16(13)19/h4-9,12,20H,10H2,1-3H3. The SMILES string of the molecule is CNC(C)c1cc(C)ccc1OCc1cc(Br)ccc1F. The summed E-state index contributed by atoms with van der Waals surface area (Å²) in [5.74, 6) is 0.523. The summed E-state index contributed by atoms with van der Waals surface area (Å²) < 4.78 is 20.4. The van der Waals surface area contributed by atoms with Crippen LogP contribution in [-0.2, 0) is 6.61 Å². The monoisotopic (exact) mass is 351 g/mol. The van der Waals surface area contributed by atoms with Crippen LogP contribution in [0.25, 0.3) is 0 Å². The van der Waals surface area contributed by atoms with Gasteiger partial charge in [-0.15, -0.1) is 0 Å². The molecule has 4 heteroatoms. The molecule has 21 heavy (non-hydrogen) atoms. The van der Waals surface area contributed by atoms with Crippen LogP contribution in [0, 0.1) is 12.7 Å². The molecule has 0 heterocycles. The van der Waals surface area contributed by atoms with Gasteiger partial charge < -0.3 is 10.1 Å². The zero-order valence-corrected chi connectivity index (χ0v) is 14.0. The molecule has 2 nitrogen and oxygen atoms in total. The first-order valence-corrected chi connectivity index (χ1v) is 7.65. The van der Waals surface area contributed by atoms with E-state index < -0.39 is 0 Å². The number of nitrogens with one attached hydrogen (secondary N) is 1. The van der Waals surface area contributed by atoms with E-state index in [0.717, 1.165) is 15.8 Å². The predicted molar refractivity (Wildman–Crippen MR) is 87.1 cm³/mol. The minimum atomic E-state index is -0.256. The molecule has 1 unspecified atom stereocenters. The quantitative estimate of drug-likeness (QED) is 0.838. The summed E-state index contributed by atoms with van der Waals surface area (Å²) in [5, 5.41) is 3.21. The van der Waals surface area contributed by atoms with Crippen molar-refractivity contribution in [3.8, 4) is 5.75 Å². The molecule has 2 aromatic rings. The van der Waals surface area contributed by atoms with Crippen molar-refractivity contribution in [3.05, 3.63) is 63.4 Å². The number of ether oxygens (including phenoxy) is 1. The van der Waals surface area contributed by atoms with E-state index in [9.17, 15) is 4.39 Å². The molecule has 0 amide bonds. The second-order valence-electron chi connectivity index (χ2n) is 5.08. The third-order valence-corrected chi connectivity index (χ3v) is 3.95. The molecule has 2 rings (SSSR count). The van der Waals surface area contributed by atoms with E-state index in [2.05, 4.69) is 34.2 Å². The van der Waals surface area contributed by atoms with Crippen LogP contribution in [0.3, 0.4) is 0 Å². The molecule has 0 aliphatic heterocycles. The van der Waals surface area contributed by atoms with Gasteiger partial charge in [-0.05, 0) is 45.2 Å². The Kier molecular flexibility index (Phi) is 5.37. The lowest BCUT2D eigenvalue weighted by molar-refractivity contribution is 0.294. The Balaban J connectivity index is 2.21. The normalized spacial score (nSPS) is 12.2. The molecule has 0 saturated heterocycles. The van der Waals surface area contributed by atoms with Crippen molar-refractivity contribution in [1.82, 2.24) is 5.32 Å². The van der Waals surface area contributed by atoms with Crippen LogP contribution in [0.2, 0.25) is 0 Å². The summed E-state index contributed by atoms with van der Waals surface area (Å²) in [4.78, 5) is 0. The van der Waals surface area contributed by atoms with E-state index >= 15 is 0 Å². The summed E-state index contributed by atoms with van der Waals surface area (Å²) in [6.45, 7) is 4.32. The lowest BCUT2D eigenvalue weighted by atomic mass is 10.0. The van der Waals surface area contributed by atoms with Crippen LogP contribution in [0.5, 0.6) is 5.75 Å². The fourth-order valence-corrected chi connectivity index (χ4v) is 2.51. The average molecular weight is 352 g/mol. The lowest BCUT2D eigenvalue weighted by Gasteiger charge is -2.17. The second-order valence-corrected chi connectivity index (χ2v) is 5.99. The largest absolute Gasteiger partial charge is 0.488 e. The summed E-state index contributed by atoms with van der Waals surface area (Å²) in [5.41, 5.74) is 2.79. The summed E-state index contributed by atoms with van der Waals surface area (Å²) in [6, 6.07) is 11.1. The number of hydrogen-bond acceptors (Lipinski definition) is 2. The Morgan fingerprint density at radius 1 is 1.24 bits per heavy atom. The van der Waals surface area contributed by atoms with Gasteiger partial charge in [0.1, 0.15) is 18.2 Å². The van der Waals surface area contributed by atoms with Crippen molar-refractivity contribution < 1.29 is 9.13 Å². The molecule has 0 aliphatic carbocycles. The topological polar surface area (TPSA) is 21.3 Å². The molecule has 2 aromatic carbocycles. The third-order valence-electron chi connectivity index (χ3n) is 3.46. The van der Waals surface area contributed by atoms with Crippen LogP contribution in [0.4, 0.5) is 4.39 Å². The van der Waals surface area contributed by atoms with E-state index in [1.165, 1.54) is 11.6 Å². The van der Waals surface area contributed by atoms with Gasteiger partial charge in [0, 0.05) is 21.6 Å². The van der Waals surface area contributed by atoms with Crippen molar-refractivity contribution in [1.29, 1.82) is 0 Å². The van der Waals surface area contributed by atoms with Crippen LogP contribution >= 0.6 is 15.9 Å². The second kappa shape index (κ2) is 7.05. The van der Waals surface area contributed by atoms with Gasteiger partial charge in [-0.2, -0.15) is 0 Å². The van der Waals surface area contributed by atoms with E-state index in [0.29, 0.717) is 5.56 Å². The highest BCUT2D eigenvalue weighted by Gasteiger charge is 2.11. The first kappa shape index (κ1) is 16.0. The molecule has 0 spiro atoms. The fourth-order valence-electron chi connectivity index (χ4n) is 2.10. The number of halogens is 2. The predicted octanol–water partition coefficient (Wildman–Crippen LogP) is 4.76. The Bertz CT molecular complexity index is 630. The number of benzene rings is 2. The maximum atomic E-state index is 13.7. The van der Waals surface area contributed by atoms with Gasteiger partial charge in [0.15, 0.2) is 0 Å². The average Bonchev–Trinajstić information content (AvgIpc) is 2.48. The summed E-state index contributed by atoms with van der Waals surface area (Å²) >= 11 is 3.35. The molecule has 1 N–H and O–H groups in total. The summed E-state index contributed by atoms with van der Waals surface area (Å²) in [6.07, 6.45) is 0. The van der Waals surface area contributed by atoms with Crippen LogP contribution in [0.1, 0.15) is 29.7 Å².